The van der Waals surface area contributed by atoms with Crippen LogP contribution in [0.2, 0.25) is 0 Å². The number of methoxy groups -OCH3 is 1. The quantitative estimate of drug-likeness (QED) is 0.762. The number of nitrogens with one attached hydrogen (secondary N) is 1. The fraction of sp³-hybridized carbons (Fsp3) is 0.381. The minimum atomic E-state index is -4.03. The molecule has 7 nitrogen and oxygen atoms in total. The number of aliphatic hydroxyl groups excluding tert-OH is 1. The Hall–Kier alpha value is -2.49. The minimum Gasteiger partial charge on any atom is -0.494 e. The molecule has 0 aliphatic carbocycles. The highest BCUT2D eigenvalue weighted by Crippen LogP contribution is 2.37. The zero-order valence-corrected chi connectivity index (χ0v) is 17.3. The van der Waals surface area contributed by atoms with E-state index < -0.39 is 27.3 Å². The van der Waals surface area contributed by atoms with E-state index in [-0.39, 0.29) is 36.2 Å². The van der Waals surface area contributed by atoms with E-state index in [2.05, 4.69) is 5.32 Å². The summed E-state index contributed by atoms with van der Waals surface area (Å²) in [7, 11) is -2.72. The predicted octanol–water partition coefficient (Wildman–Crippen LogP) is 1.56. The molecule has 2 atom stereocenters. The largest absolute Gasteiger partial charge is 0.494 e. The minimum absolute atomic E-state index is 0.00787. The van der Waals surface area contributed by atoms with Gasteiger partial charge in [-0.25, -0.2) is 12.8 Å². The van der Waals surface area contributed by atoms with E-state index in [1.165, 1.54) is 23.5 Å². The maximum absolute atomic E-state index is 14.1. The standard InChI is InChI=1S/C21H23FN2O5S/c1-29-19-7-6-16(10-18(19)22)30(27,28)24-11-15(12-25)21(13-24)9-8-14-4-2-3-5-17(14)20(26)23-21/h2-7,10,15,25H,8-9,11-13H2,1H3,(H,23,26)/t15-,21+/m0/s1. The van der Waals surface area contributed by atoms with Crippen molar-refractivity contribution in [2.45, 2.75) is 23.3 Å². The third kappa shape index (κ3) is 3.36. The van der Waals surface area contributed by atoms with Gasteiger partial charge in [-0.3, -0.25) is 4.79 Å². The number of benzene rings is 2. The van der Waals surface area contributed by atoms with Crippen molar-refractivity contribution in [1.82, 2.24) is 9.62 Å². The predicted molar refractivity (Wildman–Crippen MR) is 107 cm³/mol. The number of carbonyl (C=O) groups excluding carboxylic acids is 1. The number of fused-ring (bicyclic) bond motifs is 1. The number of aliphatic hydroxyl groups is 1. The SMILES string of the molecule is COc1ccc(S(=O)(=O)N2C[C@@H](CO)[C@@]3(CCc4ccccc4C(=O)N3)C2)cc1F. The molecule has 9 heteroatoms. The number of hydrogen-bond acceptors (Lipinski definition) is 5. The summed E-state index contributed by atoms with van der Waals surface area (Å²) >= 11 is 0. The van der Waals surface area contributed by atoms with E-state index in [0.29, 0.717) is 18.4 Å². The van der Waals surface area contributed by atoms with Crippen LogP contribution in [0.1, 0.15) is 22.3 Å². The molecule has 4 rings (SSSR count). The monoisotopic (exact) mass is 434 g/mol. The van der Waals surface area contributed by atoms with Crippen LogP contribution in [0.5, 0.6) is 5.75 Å². The van der Waals surface area contributed by atoms with Gasteiger partial charge >= 0.3 is 0 Å². The fourth-order valence-corrected chi connectivity index (χ4v) is 5.97. The number of ether oxygens (including phenoxy) is 1. The van der Waals surface area contributed by atoms with Crippen LogP contribution in [0.4, 0.5) is 4.39 Å². The second-order valence-electron chi connectivity index (χ2n) is 7.74. The van der Waals surface area contributed by atoms with Gasteiger partial charge in [0.15, 0.2) is 11.6 Å². The molecule has 2 heterocycles. The normalized spacial score (nSPS) is 24.4. The molecule has 2 aliphatic rings. The van der Waals surface area contributed by atoms with Gasteiger partial charge in [-0.05, 0) is 42.7 Å². The van der Waals surface area contributed by atoms with Crippen LogP contribution >= 0.6 is 0 Å². The molecule has 2 N–H and O–H groups in total. The summed E-state index contributed by atoms with van der Waals surface area (Å²) in [5.74, 6) is -1.58. The zero-order chi connectivity index (χ0) is 21.5. The Labute approximate surface area is 174 Å². The smallest absolute Gasteiger partial charge is 0.252 e. The Morgan fingerprint density at radius 2 is 2.07 bits per heavy atom. The van der Waals surface area contributed by atoms with Gasteiger partial charge in [0, 0.05) is 31.2 Å². The molecular weight excluding hydrogens is 411 g/mol. The third-order valence-corrected chi connectivity index (χ3v) is 7.92. The van der Waals surface area contributed by atoms with E-state index in [0.717, 1.165) is 11.6 Å². The fourth-order valence-electron chi connectivity index (χ4n) is 4.40. The van der Waals surface area contributed by atoms with Gasteiger partial charge < -0.3 is 15.2 Å². The van der Waals surface area contributed by atoms with Crippen LogP contribution in [0.15, 0.2) is 47.4 Å². The molecule has 2 aromatic carbocycles. The average molecular weight is 434 g/mol. The highest BCUT2D eigenvalue weighted by atomic mass is 32.2. The van der Waals surface area contributed by atoms with Crippen LogP contribution in [-0.2, 0) is 16.4 Å². The number of rotatable bonds is 4. The first-order chi connectivity index (χ1) is 14.3. The van der Waals surface area contributed by atoms with Gasteiger partial charge in [-0.15, -0.1) is 0 Å². The van der Waals surface area contributed by atoms with E-state index >= 15 is 0 Å². The van der Waals surface area contributed by atoms with Crippen molar-refractivity contribution in [3.05, 3.63) is 59.4 Å². The molecule has 0 unspecified atom stereocenters. The molecule has 1 fully saturated rings. The Bertz CT molecular complexity index is 1090. The molecule has 1 saturated heterocycles. The molecule has 2 aromatic rings. The number of amides is 1. The highest BCUT2D eigenvalue weighted by Gasteiger charge is 2.51. The molecule has 1 spiro atoms. The zero-order valence-electron chi connectivity index (χ0n) is 16.5. The van der Waals surface area contributed by atoms with Gasteiger partial charge in [0.2, 0.25) is 10.0 Å². The van der Waals surface area contributed by atoms with Crippen molar-refractivity contribution >= 4 is 15.9 Å². The Morgan fingerprint density at radius 1 is 1.30 bits per heavy atom. The third-order valence-electron chi connectivity index (χ3n) is 6.11. The number of aryl methyl sites for hydroxylation is 1. The molecule has 0 aromatic heterocycles. The van der Waals surface area contributed by atoms with Crippen LogP contribution < -0.4 is 10.1 Å². The summed E-state index contributed by atoms with van der Waals surface area (Å²) in [5.41, 5.74) is 0.551. The number of halogens is 1. The second-order valence-corrected chi connectivity index (χ2v) is 9.68. The lowest BCUT2D eigenvalue weighted by molar-refractivity contribution is 0.0848. The number of carbonyl (C=O) groups is 1. The number of nitrogens with zero attached hydrogens (tertiary/aromatic N) is 1. The van der Waals surface area contributed by atoms with Gasteiger partial charge in [-0.1, -0.05) is 18.2 Å². The number of hydrogen-bond donors (Lipinski definition) is 2. The van der Waals surface area contributed by atoms with Crippen LogP contribution in [0.25, 0.3) is 0 Å². The van der Waals surface area contributed by atoms with Crippen molar-refractivity contribution in [3.63, 3.8) is 0 Å². The van der Waals surface area contributed by atoms with E-state index in [4.69, 9.17) is 4.74 Å². The van der Waals surface area contributed by atoms with Gasteiger partial charge in [0.1, 0.15) is 0 Å². The molecule has 0 saturated carbocycles. The maximum atomic E-state index is 14.1. The summed E-state index contributed by atoms with van der Waals surface area (Å²) < 4.78 is 46.5. The molecule has 0 radical (unpaired) electrons. The van der Waals surface area contributed by atoms with Crippen LogP contribution in [-0.4, -0.2) is 56.1 Å². The van der Waals surface area contributed by atoms with Crippen molar-refractivity contribution in [1.29, 1.82) is 0 Å². The lowest BCUT2D eigenvalue weighted by Gasteiger charge is -2.33. The van der Waals surface area contributed by atoms with Crippen LogP contribution in [0, 0.1) is 11.7 Å². The van der Waals surface area contributed by atoms with Crippen molar-refractivity contribution in [3.8, 4) is 5.75 Å². The summed E-state index contributed by atoms with van der Waals surface area (Å²) in [6.07, 6.45) is 1.07. The Balaban J connectivity index is 1.66. The van der Waals surface area contributed by atoms with Gasteiger partial charge in [0.05, 0.1) is 17.5 Å². The molecule has 30 heavy (non-hydrogen) atoms. The number of sulfonamides is 1. The summed E-state index contributed by atoms with van der Waals surface area (Å²) in [6, 6.07) is 10.7. The van der Waals surface area contributed by atoms with E-state index in [1.54, 1.807) is 12.1 Å². The van der Waals surface area contributed by atoms with Crippen LogP contribution in [0.3, 0.4) is 0 Å². The summed E-state index contributed by atoms with van der Waals surface area (Å²) in [4.78, 5) is 12.6. The highest BCUT2D eigenvalue weighted by molar-refractivity contribution is 7.89. The maximum Gasteiger partial charge on any atom is 0.252 e. The lowest BCUT2D eigenvalue weighted by Crippen LogP contribution is -2.54. The van der Waals surface area contributed by atoms with Crippen molar-refractivity contribution < 1.29 is 27.4 Å². The van der Waals surface area contributed by atoms with E-state index in [9.17, 15) is 22.7 Å². The summed E-state index contributed by atoms with van der Waals surface area (Å²) in [5, 5.41) is 13.0. The average Bonchev–Trinajstić information content (AvgIpc) is 3.04. The molecule has 1 amide bonds. The van der Waals surface area contributed by atoms with E-state index in [1.807, 2.05) is 12.1 Å². The van der Waals surface area contributed by atoms with Crippen molar-refractivity contribution in [2.24, 2.45) is 5.92 Å². The van der Waals surface area contributed by atoms with Crippen molar-refractivity contribution in [2.75, 3.05) is 26.8 Å². The first-order valence-electron chi connectivity index (χ1n) is 9.66. The Kier molecular flexibility index (Phi) is 5.29. The van der Waals surface area contributed by atoms with Gasteiger partial charge in [0.25, 0.3) is 5.91 Å². The first kappa shape index (κ1) is 20.8. The second kappa shape index (κ2) is 7.64. The Morgan fingerprint density at radius 3 is 2.77 bits per heavy atom. The summed E-state index contributed by atoms with van der Waals surface area (Å²) in [6.45, 7) is -0.239. The first-order valence-corrected chi connectivity index (χ1v) is 11.1. The molecular formula is C21H23FN2O5S. The lowest BCUT2D eigenvalue weighted by atomic mass is 9.83. The molecule has 160 valence electrons. The van der Waals surface area contributed by atoms with Gasteiger partial charge in [-0.2, -0.15) is 4.31 Å². The molecule has 2 aliphatic heterocycles. The topological polar surface area (TPSA) is 95.9 Å². The molecule has 0 bridgehead atoms.